The van der Waals surface area contributed by atoms with Crippen molar-refractivity contribution in [3.05, 3.63) is 47.5 Å². The molecule has 0 aromatic heterocycles. The Kier molecular flexibility index (Phi) is 6.30. The molecule has 168 valence electrons. The molecular formula is C24H27N3O5. The average Bonchev–Trinajstić information content (AvgIpc) is 3.10. The Hall–Kier alpha value is -3.55. The molecule has 3 amide bonds. The van der Waals surface area contributed by atoms with Crippen LogP contribution in [0.4, 0.5) is 11.4 Å². The second-order valence-electron chi connectivity index (χ2n) is 8.07. The zero-order valence-corrected chi connectivity index (χ0v) is 18.3. The molecule has 2 N–H and O–H groups in total. The maximum Gasteiger partial charge on any atom is 0.254 e. The molecule has 2 heterocycles. The number of ether oxygens (including phenoxy) is 2. The number of carbonyl (C=O) groups excluding carboxylic acids is 3. The SMILES string of the molecule is CC(=O)Nc1cc(NC(C)=O)cc(C(=O)N2CCC[C@@H]2c2ccc3c(c2)OCCCO3)c1. The summed E-state index contributed by atoms with van der Waals surface area (Å²) in [6.07, 6.45) is 2.56. The summed E-state index contributed by atoms with van der Waals surface area (Å²) in [6, 6.07) is 10.7. The monoisotopic (exact) mass is 437 g/mol. The first kappa shape index (κ1) is 21.7. The average molecular weight is 437 g/mol. The van der Waals surface area contributed by atoms with E-state index in [1.54, 1.807) is 18.2 Å². The molecule has 2 aliphatic heterocycles. The second-order valence-corrected chi connectivity index (χ2v) is 8.07. The van der Waals surface area contributed by atoms with Gasteiger partial charge in [0.15, 0.2) is 11.5 Å². The van der Waals surface area contributed by atoms with Gasteiger partial charge in [0.1, 0.15) is 0 Å². The van der Waals surface area contributed by atoms with E-state index in [0.717, 1.165) is 30.6 Å². The minimum Gasteiger partial charge on any atom is -0.490 e. The lowest BCUT2D eigenvalue weighted by atomic mass is 10.0. The Morgan fingerprint density at radius 2 is 1.53 bits per heavy atom. The van der Waals surface area contributed by atoms with Crippen molar-refractivity contribution in [1.29, 1.82) is 0 Å². The van der Waals surface area contributed by atoms with Gasteiger partial charge >= 0.3 is 0 Å². The summed E-state index contributed by atoms with van der Waals surface area (Å²) < 4.78 is 11.6. The largest absolute Gasteiger partial charge is 0.490 e. The zero-order valence-electron chi connectivity index (χ0n) is 18.3. The summed E-state index contributed by atoms with van der Waals surface area (Å²) in [4.78, 5) is 38.4. The van der Waals surface area contributed by atoms with Gasteiger partial charge in [-0.3, -0.25) is 14.4 Å². The molecule has 1 saturated heterocycles. The van der Waals surface area contributed by atoms with E-state index >= 15 is 0 Å². The van der Waals surface area contributed by atoms with Crippen LogP contribution in [0.15, 0.2) is 36.4 Å². The Labute approximate surface area is 186 Å². The Bertz CT molecular complexity index is 1020. The molecule has 2 aromatic carbocycles. The van der Waals surface area contributed by atoms with E-state index in [-0.39, 0.29) is 23.8 Å². The van der Waals surface area contributed by atoms with Crippen molar-refractivity contribution in [2.75, 3.05) is 30.4 Å². The molecule has 2 aromatic rings. The van der Waals surface area contributed by atoms with Gasteiger partial charge in [-0.1, -0.05) is 6.07 Å². The number of nitrogens with zero attached hydrogens (tertiary/aromatic N) is 1. The van der Waals surface area contributed by atoms with Crippen LogP contribution in [-0.4, -0.2) is 42.4 Å². The van der Waals surface area contributed by atoms with Gasteiger partial charge in [0, 0.05) is 43.8 Å². The van der Waals surface area contributed by atoms with Crippen LogP contribution in [-0.2, 0) is 9.59 Å². The fourth-order valence-electron chi connectivity index (χ4n) is 4.21. The number of amides is 3. The van der Waals surface area contributed by atoms with Crippen LogP contribution >= 0.6 is 0 Å². The highest BCUT2D eigenvalue weighted by atomic mass is 16.5. The number of benzene rings is 2. The van der Waals surface area contributed by atoms with Gasteiger partial charge in [0.2, 0.25) is 11.8 Å². The normalized spacial score (nSPS) is 17.4. The molecular weight excluding hydrogens is 410 g/mol. The molecule has 1 atom stereocenters. The van der Waals surface area contributed by atoms with Gasteiger partial charge in [-0.05, 0) is 48.7 Å². The summed E-state index contributed by atoms with van der Waals surface area (Å²) in [6.45, 7) is 4.64. The van der Waals surface area contributed by atoms with Crippen molar-refractivity contribution in [1.82, 2.24) is 4.90 Å². The van der Waals surface area contributed by atoms with Gasteiger partial charge in [-0.15, -0.1) is 0 Å². The minimum absolute atomic E-state index is 0.0895. The Morgan fingerprint density at radius 1 is 0.875 bits per heavy atom. The molecule has 0 spiro atoms. The fraction of sp³-hybridized carbons (Fsp3) is 0.375. The van der Waals surface area contributed by atoms with Gasteiger partial charge in [0.05, 0.1) is 19.3 Å². The number of hydrogen-bond donors (Lipinski definition) is 2. The van der Waals surface area contributed by atoms with E-state index in [1.165, 1.54) is 13.8 Å². The third-order valence-electron chi connectivity index (χ3n) is 5.49. The quantitative estimate of drug-likeness (QED) is 0.760. The summed E-state index contributed by atoms with van der Waals surface area (Å²) in [7, 11) is 0. The molecule has 0 saturated carbocycles. The maximum absolute atomic E-state index is 13.5. The summed E-state index contributed by atoms with van der Waals surface area (Å²) >= 11 is 0. The number of likely N-dealkylation sites (tertiary alicyclic amines) is 1. The second kappa shape index (κ2) is 9.30. The summed E-state index contributed by atoms with van der Waals surface area (Å²) in [5, 5.41) is 5.39. The van der Waals surface area contributed by atoms with Crippen LogP contribution in [0, 0.1) is 0 Å². The molecule has 8 nitrogen and oxygen atoms in total. The van der Waals surface area contributed by atoms with Crippen molar-refractivity contribution in [2.24, 2.45) is 0 Å². The van der Waals surface area contributed by atoms with Gasteiger partial charge in [-0.2, -0.15) is 0 Å². The van der Waals surface area contributed by atoms with Gasteiger partial charge in [0.25, 0.3) is 5.91 Å². The van der Waals surface area contributed by atoms with Crippen LogP contribution in [0.2, 0.25) is 0 Å². The van der Waals surface area contributed by atoms with Crippen molar-refractivity contribution in [3.63, 3.8) is 0 Å². The molecule has 8 heteroatoms. The number of carbonyl (C=O) groups is 3. The first-order valence-electron chi connectivity index (χ1n) is 10.8. The molecule has 0 unspecified atom stereocenters. The summed E-state index contributed by atoms with van der Waals surface area (Å²) in [5.74, 6) is 0.771. The molecule has 32 heavy (non-hydrogen) atoms. The lowest BCUT2D eigenvalue weighted by molar-refractivity contribution is -0.115. The lowest BCUT2D eigenvalue weighted by Gasteiger charge is -2.26. The van der Waals surface area contributed by atoms with Gasteiger partial charge in [-0.25, -0.2) is 0 Å². The predicted molar refractivity (Wildman–Crippen MR) is 120 cm³/mol. The van der Waals surface area contributed by atoms with Crippen LogP contribution < -0.4 is 20.1 Å². The number of rotatable bonds is 4. The first-order valence-corrected chi connectivity index (χ1v) is 10.8. The van der Waals surface area contributed by atoms with Crippen molar-refractivity contribution in [2.45, 2.75) is 39.2 Å². The number of anilines is 2. The fourth-order valence-corrected chi connectivity index (χ4v) is 4.21. The van der Waals surface area contributed by atoms with Gasteiger partial charge < -0.3 is 25.0 Å². The number of fused-ring (bicyclic) bond motifs is 1. The maximum atomic E-state index is 13.5. The third kappa shape index (κ3) is 4.85. The molecule has 2 aliphatic rings. The molecule has 0 aliphatic carbocycles. The van der Waals surface area contributed by atoms with Crippen LogP contribution in [0.3, 0.4) is 0 Å². The minimum atomic E-state index is -0.255. The van der Waals surface area contributed by atoms with E-state index in [4.69, 9.17) is 9.47 Å². The lowest BCUT2D eigenvalue weighted by Crippen LogP contribution is -2.30. The van der Waals surface area contributed by atoms with Crippen molar-refractivity contribution >= 4 is 29.1 Å². The third-order valence-corrected chi connectivity index (χ3v) is 5.49. The van der Waals surface area contributed by atoms with Crippen molar-refractivity contribution < 1.29 is 23.9 Å². The first-order chi connectivity index (χ1) is 15.4. The van der Waals surface area contributed by atoms with Crippen LogP contribution in [0.1, 0.15) is 55.1 Å². The predicted octanol–water partition coefficient (Wildman–Crippen LogP) is 3.74. The standard InChI is InChI=1S/C24H27N3O5/c1-15(28)25-19-11-18(12-20(14-19)26-16(2)29)24(30)27-8-3-5-21(27)17-6-7-22-23(13-17)32-10-4-9-31-22/h6-7,11-14,21H,3-5,8-10H2,1-2H3,(H,25,28)(H,26,29)/t21-/m1/s1. The smallest absolute Gasteiger partial charge is 0.254 e. The van der Waals surface area contributed by atoms with E-state index in [0.29, 0.717) is 42.4 Å². The Balaban J connectivity index is 1.63. The highest BCUT2D eigenvalue weighted by Crippen LogP contribution is 2.38. The number of nitrogens with one attached hydrogen (secondary N) is 2. The van der Waals surface area contributed by atoms with Crippen molar-refractivity contribution in [3.8, 4) is 11.5 Å². The molecule has 4 rings (SSSR count). The number of hydrogen-bond acceptors (Lipinski definition) is 5. The van der Waals surface area contributed by atoms with Crippen LogP contribution in [0.25, 0.3) is 0 Å². The van der Waals surface area contributed by atoms with E-state index in [2.05, 4.69) is 10.6 Å². The molecule has 0 bridgehead atoms. The molecule has 0 radical (unpaired) electrons. The highest BCUT2D eigenvalue weighted by Gasteiger charge is 2.32. The Morgan fingerprint density at radius 3 is 2.19 bits per heavy atom. The topological polar surface area (TPSA) is 97.0 Å². The van der Waals surface area contributed by atoms with E-state index in [9.17, 15) is 14.4 Å². The highest BCUT2D eigenvalue weighted by molar-refractivity contribution is 6.00. The van der Waals surface area contributed by atoms with E-state index in [1.807, 2.05) is 23.1 Å². The zero-order chi connectivity index (χ0) is 22.7. The summed E-state index contributed by atoms with van der Waals surface area (Å²) in [5.41, 5.74) is 2.32. The molecule has 1 fully saturated rings. The van der Waals surface area contributed by atoms with Crippen LogP contribution in [0.5, 0.6) is 11.5 Å². The van der Waals surface area contributed by atoms with E-state index < -0.39 is 0 Å².